The van der Waals surface area contributed by atoms with Crippen molar-refractivity contribution in [1.29, 1.82) is 0 Å². The van der Waals surface area contributed by atoms with E-state index < -0.39 is 17.7 Å². The van der Waals surface area contributed by atoms with Crippen LogP contribution in [0.15, 0.2) is 54.1 Å². The van der Waals surface area contributed by atoms with Crippen molar-refractivity contribution in [3.8, 4) is 5.75 Å². The van der Waals surface area contributed by atoms with Crippen LogP contribution in [0.25, 0.3) is 5.76 Å². The number of aryl methyl sites for hydroxylation is 1. The van der Waals surface area contributed by atoms with E-state index in [1.54, 1.807) is 29.2 Å². The number of nitrogens with zero attached hydrogens (tertiary/aromatic N) is 2. The number of likely N-dealkylation sites (N-methyl/N-ethyl adjacent to an activating group) is 1. The van der Waals surface area contributed by atoms with Gasteiger partial charge in [0.05, 0.1) is 18.2 Å². The number of ketones is 1. The molecule has 3 rings (SSSR count). The van der Waals surface area contributed by atoms with Crippen LogP contribution in [0.2, 0.25) is 0 Å². The quantitative estimate of drug-likeness (QED) is 0.432. The molecule has 1 aliphatic heterocycles. The first-order valence-electron chi connectivity index (χ1n) is 10.1. The molecule has 0 aliphatic carbocycles. The second-order valence-electron chi connectivity index (χ2n) is 7.61. The molecule has 1 N–H and O–H groups in total. The average molecular weight is 408 g/mol. The van der Waals surface area contributed by atoms with Crippen LogP contribution in [-0.2, 0) is 9.59 Å². The van der Waals surface area contributed by atoms with E-state index in [1.807, 2.05) is 57.1 Å². The maximum atomic E-state index is 13.0. The van der Waals surface area contributed by atoms with Gasteiger partial charge < -0.3 is 19.6 Å². The van der Waals surface area contributed by atoms with Crippen molar-refractivity contribution in [2.45, 2.75) is 19.9 Å². The molecule has 2 aromatic carbocycles. The van der Waals surface area contributed by atoms with Crippen LogP contribution in [0.5, 0.6) is 5.75 Å². The minimum atomic E-state index is -0.665. The highest BCUT2D eigenvalue weighted by molar-refractivity contribution is 6.46. The van der Waals surface area contributed by atoms with E-state index in [0.717, 1.165) is 11.1 Å². The van der Waals surface area contributed by atoms with Crippen LogP contribution in [0.1, 0.15) is 29.7 Å². The van der Waals surface area contributed by atoms with Gasteiger partial charge in [-0.1, -0.05) is 36.4 Å². The number of benzene rings is 2. The molecule has 1 saturated heterocycles. The standard InChI is InChI=1S/C24H28N2O4/c1-5-30-18-11-8-10-17(15-18)22(27)20-21(19-12-7-6-9-16(19)2)26(14-13-25(3)4)24(29)23(20)28/h6-12,15,21,27H,5,13-14H2,1-4H3/b22-20+. The number of likely N-dealkylation sites (tertiary alicyclic amines) is 1. The van der Waals surface area contributed by atoms with Crippen molar-refractivity contribution in [1.82, 2.24) is 9.80 Å². The van der Waals surface area contributed by atoms with Gasteiger partial charge in [0.25, 0.3) is 11.7 Å². The molecule has 1 aliphatic rings. The van der Waals surface area contributed by atoms with Crippen LogP contribution in [-0.4, -0.2) is 60.4 Å². The van der Waals surface area contributed by atoms with E-state index in [1.165, 1.54) is 0 Å². The summed E-state index contributed by atoms with van der Waals surface area (Å²) in [4.78, 5) is 29.5. The van der Waals surface area contributed by atoms with Crippen molar-refractivity contribution in [2.24, 2.45) is 0 Å². The van der Waals surface area contributed by atoms with Crippen LogP contribution >= 0.6 is 0 Å². The van der Waals surface area contributed by atoms with Gasteiger partial charge in [0.2, 0.25) is 0 Å². The van der Waals surface area contributed by atoms with Gasteiger partial charge in [-0.25, -0.2) is 0 Å². The summed E-state index contributed by atoms with van der Waals surface area (Å²) in [5.41, 5.74) is 2.35. The van der Waals surface area contributed by atoms with Crippen molar-refractivity contribution in [3.05, 3.63) is 70.8 Å². The van der Waals surface area contributed by atoms with Gasteiger partial charge in [-0.2, -0.15) is 0 Å². The third-order valence-corrected chi connectivity index (χ3v) is 5.23. The summed E-state index contributed by atoms with van der Waals surface area (Å²) in [6, 6.07) is 13.9. The number of aliphatic hydroxyl groups is 1. The lowest BCUT2D eigenvalue weighted by atomic mass is 9.92. The van der Waals surface area contributed by atoms with Gasteiger partial charge in [0.15, 0.2) is 0 Å². The lowest BCUT2D eigenvalue weighted by Crippen LogP contribution is -2.35. The summed E-state index contributed by atoms with van der Waals surface area (Å²) in [7, 11) is 3.83. The van der Waals surface area contributed by atoms with Gasteiger partial charge in [-0.15, -0.1) is 0 Å². The first kappa shape index (κ1) is 21.6. The summed E-state index contributed by atoms with van der Waals surface area (Å²) in [6.07, 6.45) is 0. The highest BCUT2D eigenvalue weighted by Crippen LogP contribution is 2.40. The predicted octanol–water partition coefficient (Wildman–Crippen LogP) is 3.38. The normalized spacial score (nSPS) is 18.3. The highest BCUT2D eigenvalue weighted by atomic mass is 16.5. The Labute approximate surface area is 177 Å². The molecular weight excluding hydrogens is 380 g/mol. The van der Waals surface area contributed by atoms with E-state index in [2.05, 4.69) is 0 Å². The van der Waals surface area contributed by atoms with Crippen LogP contribution < -0.4 is 4.74 Å². The molecule has 2 aromatic rings. The van der Waals surface area contributed by atoms with Crippen molar-refractivity contribution in [3.63, 3.8) is 0 Å². The highest BCUT2D eigenvalue weighted by Gasteiger charge is 2.46. The third-order valence-electron chi connectivity index (χ3n) is 5.23. The molecule has 0 radical (unpaired) electrons. The average Bonchev–Trinajstić information content (AvgIpc) is 2.97. The van der Waals surface area contributed by atoms with Gasteiger partial charge >= 0.3 is 0 Å². The molecule has 1 atom stereocenters. The van der Waals surface area contributed by atoms with Gasteiger partial charge in [-0.05, 0) is 51.2 Å². The zero-order chi connectivity index (χ0) is 21.8. The van der Waals surface area contributed by atoms with Crippen molar-refractivity contribution in [2.75, 3.05) is 33.8 Å². The smallest absolute Gasteiger partial charge is 0.295 e. The Kier molecular flexibility index (Phi) is 6.57. The number of carbonyl (C=O) groups excluding carboxylic acids is 2. The lowest BCUT2D eigenvalue weighted by molar-refractivity contribution is -0.140. The van der Waals surface area contributed by atoms with Crippen LogP contribution in [0, 0.1) is 6.92 Å². The number of amides is 1. The molecule has 0 bridgehead atoms. The van der Waals surface area contributed by atoms with Gasteiger partial charge in [-0.3, -0.25) is 9.59 Å². The number of hydrogen-bond donors (Lipinski definition) is 1. The Balaban J connectivity index is 2.15. The van der Waals surface area contributed by atoms with Crippen molar-refractivity contribution >= 4 is 17.4 Å². The van der Waals surface area contributed by atoms with E-state index in [-0.39, 0.29) is 11.3 Å². The number of hydrogen-bond acceptors (Lipinski definition) is 5. The summed E-state index contributed by atoms with van der Waals surface area (Å²) in [6.45, 7) is 5.29. The molecule has 0 saturated carbocycles. The molecule has 6 nitrogen and oxygen atoms in total. The Bertz CT molecular complexity index is 981. The number of carbonyl (C=O) groups is 2. The molecule has 1 amide bonds. The Morgan fingerprint density at radius 3 is 2.53 bits per heavy atom. The summed E-state index contributed by atoms with van der Waals surface area (Å²) < 4.78 is 5.52. The molecule has 6 heteroatoms. The third kappa shape index (κ3) is 4.24. The maximum absolute atomic E-state index is 13.0. The number of aliphatic hydroxyl groups excluding tert-OH is 1. The van der Waals surface area contributed by atoms with Gasteiger partial charge in [0.1, 0.15) is 11.5 Å². The van der Waals surface area contributed by atoms with E-state index in [4.69, 9.17) is 4.74 Å². The second-order valence-corrected chi connectivity index (χ2v) is 7.61. The lowest BCUT2D eigenvalue weighted by Gasteiger charge is -2.27. The summed E-state index contributed by atoms with van der Waals surface area (Å²) in [5.74, 6) is -0.847. The zero-order valence-electron chi connectivity index (χ0n) is 17.9. The summed E-state index contributed by atoms with van der Waals surface area (Å²) >= 11 is 0. The fourth-order valence-corrected chi connectivity index (χ4v) is 3.69. The molecule has 1 unspecified atom stereocenters. The predicted molar refractivity (Wildman–Crippen MR) is 116 cm³/mol. The molecule has 0 aromatic heterocycles. The molecule has 0 spiro atoms. The molecule has 158 valence electrons. The summed E-state index contributed by atoms with van der Waals surface area (Å²) in [5, 5.41) is 11.1. The van der Waals surface area contributed by atoms with E-state index in [9.17, 15) is 14.7 Å². The zero-order valence-corrected chi connectivity index (χ0v) is 17.9. The van der Waals surface area contributed by atoms with E-state index in [0.29, 0.717) is 31.0 Å². The Morgan fingerprint density at radius 1 is 1.13 bits per heavy atom. The minimum absolute atomic E-state index is 0.113. The fourth-order valence-electron chi connectivity index (χ4n) is 3.69. The number of rotatable bonds is 7. The van der Waals surface area contributed by atoms with Crippen LogP contribution in [0.4, 0.5) is 0 Å². The molecule has 30 heavy (non-hydrogen) atoms. The molecule has 1 fully saturated rings. The van der Waals surface area contributed by atoms with E-state index >= 15 is 0 Å². The monoisotopic (exact) mass is 408 g/mol. The SMILES string of the molecule is CCOc1cccc(/C(O)=C2\C(=O)C(=O)N(CCN(C)C)C2c2ccccc2C)c1. The largest absolute Gasteiger partial charge is 0.507 e. The van der Waals surface area contributed by atoms with Crippen LogP contribution in [0.3, 0.4) is 0 Å². The first-order valence-corrected chi connectivity index (χ1v) is 10.1. The Morgan fingerprint density at radius 2 is 1.87 bits per heavy atom. The fraction of sp³-hybridized carbons (Fsp3) is 0.333. The van der Waals surface area contributed by atoms with Gasteiger partial charge in [0, 0.05) is 18.7 Å². The number of Topliss-reactive ketones (excluding diaryl/α,β-unsaturated/α-hetero) is 1. The number of ether oxygens (including phenoxy) is 1. The maximum Gasteiger partial charge on any atom is 0.295 e. The molecular formula is C24H28N2O4. The topological polar surface area (TPSA) is 70.1 Å². The van der Waals surface area contributed by atoms with Crippen molar-refractivity contribution < 1.29 is 19.4 Å². The second kappa shape index (κ2) is 9.13. The molecule has 1 heterocycles. The Hall–Kier alpha value is -3.12. The minimum Gasteiger partial charge on any atom is -0.507 e. The first-order chi connectivity index (χ1) is 14.3.